The Hall–Kier alpha value is -2.38. The van der Waals surface area contributed by atoms with Crippen molar-refractivity contribution in [3.05, 3.63) is 54.2 Å². The van der Waals surface area contributed by atoms with Gasteiger partial charge in [-0.15, -0.1) is 0 Å². The Bertz CT molecular complexity index is 821. The van der Waals surface area contributed by atoms with Gasteiger partial charge in [-0.2, -0.15) is 5.10 Å². The summed E-state index contributed by atoms with van der Waals surface area (Å²) in [7, 11) is 0. The lowest BCUT2D eigenvalue weighted by molar-refractivity contribution is 0.229. The lowest BCUT2D eigenvalue weighted by Crippen LogP contribution is -2.37. The third kappa shape index (κ3) is 3.67. The van der Waals surface area contributed by atoms with Crippen LogP contribution in [0, 0.1) is 0 Å². The van der Waals surface area contributed by atoms with Crippen LogP contribution in [0.3, 0.4) is 0 Å². The second-order valence-corrected chi connectivity index (χ2v) is 6.55. The highest BCUT2D eigenvalue weighted by molar-refractivity contribution is 5.81. The molecule has 1 aliphatic heterocycles. The van der Waals surface area contributed by atoms with E-state index in [0.29, 0.717) is 19.5 Å². The third-order valence-electron chi connectivity index (χ3n) is 4.73. The molecule has 0 radical (unpaired) electrons. The van der Waals surface area contributed by atoms with E-state index in [2.05, 4.69) is 36.4 Å². The molecule has 2 atom stereocenters. The first kappa shape index (κ1) is 16.1. The predicted octanol–water partition coefficient (Wildman–Crippen LogP) is 2.06. The third-order valence-corrected chi connectivity index (χ3v) is 4.73. The summed E-state index contributed by atoms with van der Waals surface area (Å²) in [4.78, 5) is 10.3. The Morgan fingerprint density at radius 1 is 1.24 bits per heavy atom. The minimum atomic E-state index is -0.771. The Labute approximate surface area is 145 Å². The number of H-pyrrole nitrogens is 1. The lowest BCUT2D eigenvalue weighted by Gasteiger charge is -2.24. The van der Waals surface area contributed by atoms with E-state index in [0.717, 1.165) is 29.6 Å². The topological polar surface area (TPSA) is 69.7 Å². The van der Waals surface area contributed by atoms with E-state index in [4.69, 9.17) is 0 Å². The van der Waals surface area contributed by atoms with E-state index in [-0.39, 0.29) is 6.04 Å². The Balaban J connectivity index is 1.37. The second kappa shape index (κ2) is 7.25. The monoisotopic (exact) mass is 340 g/mol. The van der Waals surface area contributed by atoms with Crippen LogP contribution >= 0.6 is 0 Å². The molecule has 130 valence electrons. The average molecular weight is 340 g/mol. The first-order valence-corrected chi connectivity index (χ1v) is 8.53. The number of alkyl halides is 1. The van der Waals surface area contributed by atoms with E-state index in [1.54, 1.807) is 12.4 Å². The Morgan fingerprint density at radius 3 is 3.00 bits per heavy atom. The van der Waals surface area contributed by atoms with Gasteiger partial charge in [0.25, 0.3) is 0 Å². The summed E-state index contributed by atoms with van der Waals surface area (Å²) >= 11 is 0. The van der Waals surface area contributed by atoms with Crippen molar-refractivity contribution in [2.75, 3.05) is 13.1 Å². The molecule has 0 saturated carbocycles. The Morgan fingerprint density at radius 2 is 2.12 bits per heavy atom. The number of nitrogens with zero attached hydrogens (tertiary/aromatic N) is 4. The van der Waals surface area contributed by atoms with Crippen LogP contribution < -0.4 is 5.32 Å². The molecule has 7 heteroatoms. The zero-order valence-electron chi connectivity index (χ0n) is 13.9. The van der Waals surface area contributed by atoms with Crippen molar-refractivity contribution >= 4 is 10.9 Å². The fourth-order valence-corrected chi connectivity index (χ4v) is 3.53. The van der Waals surface area contributed by atoms with Crippen LogP contribution in [0.15, 0.2) is 43.1 Å². The van der Waals surface area contributed by atoms with E-state index in [1.165, 1.54) is 11.9 Å². The number of hydrogen-bond acceptors (Lipinski definition) is 5. The first-order chi connectivity index (χ1) is 12.3. The normalized spacial score (nSPS) is 21.2. The number of aromatic nitrogens is 4. The minimum Gasteiger partial charge on any atom is -0.311 e. The van der Waals surface area contributed by atoms with Gasteiger partial charge in [-0.3, -0.25) is 10.00 Å². The van der Waals surface area contributed by atoms with Gasteiger partial charge >= 0.3 is 0 Å². The number of aromatic amines is 1. The van der Waals surface area contributed by atoms with Crippen LogP contribution in [0.5, 0.6) is 0 Å². The summed E-state index contributed by atoms with van der Waals surface area (Å²) in [5.41, 5.74) is 3.25. The molecule has 2 N–H and O–H groups in total. The largest absolute Gasteiger partial charge is 0.311 e. The molecule has 25 heavy (non-hydrogen) atoms. The summed E-state index contributed by atoms with van der Waals surface area (Å²) in [5, 5.41) is 11.7. The molecule has 1 fully saturated rings. The van der Waals surface area contributed by atoms with Gasteiger partial charge in [-0.1, -0.05) is 18.2 Å². The fourth-order valence-electron chi connectivity index (χ4n) is 3.53. The highest BCUT2D eigenvalue weighted by Crippen LogP contribution is 2.22. The predicted molar refractivity (Wildman–Crippen MR) is 93.5 cm³/mol. The molecule has 0 amide bonds. The number of rotatable bonds is 6. The smallest absolute Gasteiger partial charge is 0.115 e. The fraction of sp³-hybridized carbons (Fsp3) is 0.389. The molecule has 2 aromatic heterocycles. The number of hydrogen-bond donors (Lipinski definition) is 2. The average Bonchev–Trinajstić information content (AvgIpc) is 3.23. The molecule has 4 rings (SSSR count). The lowest BCUT2D eigenvalue weighted by atomic mass is 10.1. The molecule has 0 aliphatic carbocycles. The maximum Gasteiger partial charge on any atom is 0.115 e. The van der Waals surface area contributed by atoms with Gasteiger partial charge in [0, 0.05) is 55.6 Å². The standard InChI is InChI=1S/C18H21FN6/c19-16-4-17(25(11-16)10-13-5-21-12-22-6-13)9-20-7-14-2-1-3-15-8-23-24-18(14)15/h1-3,5-6,8,12,16-17,20H,4,7,9-11H2,(H,23,24)/t16-,17-/m0/s1. The van der Waals surface area contributed by atoms with Gasteiger partial charge < -0.3 is 5.32 Å². The summed E-state index contributed by atoms with van der Waals surface area (Å²) in [5.74, 6) is 0. The molecular weight excluding hydrogens is 319 g/mol. The van der Waals surface area contributed by atoms with Crippen LogP contribution in [0.4, 0.5) is 4.39 Å². The maximum absolute atomic E-state index is 13.9. The molecule has 3 aromatic rings. The molecule has 1 saturated heterocycles. The zero-order valence-corrected chi connectivity index (χ0v) is 13.9. The van der Waals surface area contributed by atoms with Crippen LogP contribution in [-0.4, -0.2) is 50.4 Å². The molecule has 6 nitrogen and oxygen atoms in total. The number of fused-ring (bicyclic) bond motifs is 1. The quantitative estimate of drug-likeness (QED) is 0.719. The van der Waals surface area contributed by atoms with Gasteiger partial charge in [0.05, 0.1) is 11.7 Å². The molecule has 0 spiro atoms. The van der Waals surface area contributed by atoms with E-state index < -0.39 is 6.17 Å². The zero-order chi connectivity index (χ0) is 17.1. The van der Waals surface area contributed by atoms with Gasteiger partial charge in [-0.05, 0) is 12.0 Å². The van der Waals surface area contributed by atoms with Crippen molar-refractivity contribution < 1.29 is 4.39 Å². The van der Waals surface area contributed by atoms with Crippen molar-refractivity contribution in [3.8, 4) is 0 Å². The first-order valence-electron chi connectivity index (χ1n) is 8.53. The second-order valence-electron chi connectivity index (χ2n) is 6.55. The maximum atomic E-state index is 13.9. The van der Waals surface area contributed by atoms with E-state index >= 15 is 0 Å². The number of halogens is 1. The van der Waals surface area contributed by atoms with Crippen LogP contribution in [-0.2, 0) is 13.1 Å². The van der Waals surface area contributed by atoms with Crippen LogP contribution in [0.2, 0.25) is 0 Å². The summed E-state index contributed by atoms with van der Waals surface area (Å²) < 4.78 is 13.9. The van der Waals surface area contributed by atoms with Crippen molar-refractivity contribution in [2.45, 2.75) is 31.7 Å². The van der Waals surface area contributed by atoms with Gasteiger partial charge in [0.15, 0.2) is 0 Å². The van der Waals surface area contributed by atoms with Gasteiger partial charge in [0.1, 0.15) is 12.5 Å². The highest BCUT2D eigenvalue weighted by Gasteiger charge is 2.31. The van der Waals surface area contributed by atoms with E-state index in [9.17, 15) is 4.39 Å². The van der Waals surface area contributed by atoms with Crippen molar-refractivity contribution in [3.63, 3.8) is 0 Å². The summed E-state index contributed by atoms with van der Waals surface area (Å²) in [6.07, 6.45) is 6.72. The van der Waals surface area contributed by atoms with Crippen molar-refractivity contribution in [2.24, 2.45) is 0 Å². The van der Waals surface area contributed by atoms with E-state index in [1.807, 2.05) is 18.3 Å². The van der Waals surface area contributed by atoms with Gasteiger partial charge in [0.2, 0.25) is 0 Å². The number of nitrogens with one attached hydrogen (secondary N) is 2. The molecule has 1 aromatic carbocycles. The molecule has 0 unspecified atom stereocenters. The Kier molecular flexibility index (Phi) is 4.67. The van der Waals surface area contributed by atoms with Gasteiger partial charge in [-0.25, -0.2) is 14.4 Å². The number of para-hydroxylation sites is 1. The van der Waals surface area contributed by atoms with Crippen LogP contribution in [0.25, 0.3) is 10.9 Å². The molecular formula is C18H21FN6. The number of benzene rings is 1. The van der Waals surface area contributed by atoms with Crippen molar-refractivity contribution in [1.29, 1.82) is 0 Å². The molecule has 0 bridgehead atoms. The minimum absolute atomic E-state index is 0.177. The van der Waals surface area contributed by atoms with Crippen molar-refractivity contribution in [1.82, 2.24) is 30.4 Å². The molecule has 3 heterocycles. The SMILES string of the molecule is F[C@H]1C[C@@H](CNCc2cccc3cn[nH]c23)N(Cc2cncnc2)C1. The highest BCUT2D eigenvalue weighted by atomic mass is 19.1. The molecule has 1 aliphatic rings. The number of likely N-dealkylation sites (tertiary alicyclic amines) is 1. The summed E-state index contributed by atoms with van der Waals surface area (Å²) in [6.45, 7) is 2.63. The van der Waals surface area contributed by atoms with Crippen LogP contribution in [0.1, 0.15) is 17.5 Å². The summed E-state index contributed by atoms with van der Waals surface area (Å²) in [6, 6.07) is 6.33.